The molecule has 0 amide bonds. The number of hydrogen-bond acceptors (Lipinski definition) is 5. The second-order valence-electron chi connectivity index (χ2n) is 5.60. The van der Waals surface area contributed by atoms with E-state index in [-0.39, 0.29) is 12.6 Å². The van der Waals surface area contributed by atoms with Gasteiger partial charge >= 0.3 is 5.97 Å². The van der Waals surface area contributed by atoms with E-state index in [1.807, 2.05) is 0 Å². The van der Waals surface area contributed by atoms with E-state index in [0.29, 0.717) is 19.1 Å². The zero-order valence-electron chi connectivity index (χ0n) is 12.3. The molecule has 0 aromatic heterocycles. The van der Waals surface area contributed by atoms with Crippen LogP contribution in [0.15, 0.2) is 0 Å². The van der Waals surface area contributed by atoms with Crippen LogP contribution in [0, 0.1) is 5.92 Å². The molecular formula is C12H24N2O5S. The van der Waals surface area contributed by atoms with Gasteiger partial charge in [-0.15, -0.1) is 0 Å². The van der Waals surface area contributed by atoms with E-state index in [1.165, 1.54) is 0 Å². The number of nitrogens with zero attached hydrogens (tertiary/aromatic N) is 2. The Morgan fingerprint density at radius 3 is 2.65 bits per heavy atom. The van der Waals surface area contributed by atoms with Crippen LogP contribution in [0.4, 0.5) is 0 Å². The molecule has 1 aliphatic rings. The van der Waals surface area contributed by atoms with Crippen molar-refractivity contribution in [2.45, 2.75) is 20.0 Å². The quantitative estimate of drug-likeness (QED) is 0.694. The van der Waals surface area contributed by atoms with Crippen molar-refractivity contribution in [3.05, 3.63) is 0 Å². The fourth-order valence-electron chi connectivity index (χ4n) is 2.27. The van der Waals surface area contributed by atoms with Gasteiger partial charge in [-0.1, -0.05) is 13.8 Å². The Morgan fingerprint density at radius 2 is 2.15 bits per heavy atom. The summed E-state index contributed by atoms with van der Waals surface area (Å²) in [6, 6.07) is 0. The lowest BCUT2D eigenvalue weighted by Gasteiger charge is -2.35. The Labute approximate surface area is 120 Å². The molecule has 1 rings (SSSR count). The van der Waals surface area contributed by atoms with Gasteiger partial charge in [-0.2, -0.15) is 4.31 Å². The highest BCUT2D eigenvalue weighted by molar-refractivity contribution is 7.88. The van der Waals surface area contributed by atoms with Crippen LogP contribution < -0.4 is 0 Å². The Balaban J connectivity index is 2.61. The highest BCUT2D eigenvalue weighted by Crippen LogP contribution is 2.11. The van der Waals surface area contributed by atoms with Gasteiger partial charge in [-0.05, 0) is 5.92 Å². The number of carboxylic acid groups (broad SMARTS) is 1. The third kappa shape index (κ3) is 6.17. The highest BCUT2D eigenvalue weighted by Gasteiger charge is 2.28. The molecule has 1 saturated heterocycles. The fraction of sp³-hybridized carbons (Fsp3) is 0.917. The van der Waals surface area contributed by atoms with Gasteiger partial charge in [0.15, 0.2) is 0 Å². The molecule has 8 heteroatoms. The topological polar surface area (TPSA) is 87.2 Å². The van der Waals surface area contributed by atoms with Gasteiger partial charge in [-0.25, -0.2) is 8.42 Å². The first-order chi connectivity index (χ1) is 9.18. The van der Waals surface area contributed by atoms with E-state index >= 15 is 0 Å². The minimum Gasteiger partial charge on any atom is -0.480 e. The predicted octanol–water partition coefficient (Wildman–Crippen LogP) is -0.311. The predicted molar refractivity (Wildman–Crippen MR) is 75.1 cm³/mol. The second-order valence-corrected chi connectivity index (χ2v) is 7.58. The van der Waals surface area contributed by atoms with E-state index in [4.69, 9.17) is 9.84 Å². The average molecular weight is 308 g/mol. The molecule has 0 spiro atoms. The minimum atomic E-state index is -3.55. The molecule has 1 aliphatic heterocycles. The Morgan fingerprint density at radius 1 is 1.50 bits per heavy atom. The molecule has 0 saturated carbocycles. The van der Waals surface area contributed by atoms with Crippen LogP contribution >= 0.6 is 0 Å². The summed E-state index contributed by atoms with van der Waals surface area (Å²) in [4.78, 5) is 13.0. The zero-order valence-corrected chi connectivity index (χ0v) is 13.1. The second kappa shape index (κ2) is 7.35. The Kier molecular flexibility index (Phi) is 6.38. The molecule has 1 atom stereocenters. The van der Waals surface area contributed by atoms with E-state index in [2.05, 4.69) is 18.7 Å². The van der Waals surface area contributed by atoms with Gasteiger partial charge in [0.1, 0.15) is 6.54 Å². The van der Waals surface area contributed by atoms with E-state index in [0.717, 1.165) is 23.7 Å². The maximum Gasteiger partial charge on any atom is 0.318 e. The molecule has 0 aromatic carbocycles. The Hall–Kier alpha value is -0.700. The lowest BCUT2D eigenvalue weighted by atomic mass is 10.2. The summed E-state index contributed by atoms with van der Waals surface area (Å²) in [6.45, 7) is 6.73. The number of hydrogen-bond donors (Lipinski definition) is 1. The normalized spacial score (nSPS) is 21.6. The Bertz CT molecular complexity index is 424. The van der Waals surface area contributed by atoms with Crippen LogP contribution in [-0.2, 0) is 19.6 Å². The van der Waals surface area contributed by atoms with E-state index < -0.39 is 22.5 Å². The maximum atomic E-state index is 11.6. The van der Waals surface area contributed by atoms with Crippen molar-refractivity contribution in [1.82, 2.24) is 9.21 Å². The summed E-state index contributed by atoms with van der Waals surface area (Å²) in [5.41, 5.74) is 0. The molecule has 1 heterocycles. The van der Waals surface area contributed by atoms with Crippen molar-refractivity contribution in [3.8, 4) is 0 Å². The summed E-state index contributed by atoms with van der Waals surface area (Å²) < 4.78 is 29.7. The molecule has 20 heavy (non-hydrogen) atoms. The first-order valence-corrected chi connectivity index (χ1v) is 8.54. The van der Waals surface area contributed by atoms with E-state index in [1.54, 1.807) is 0 Å². The number of carbonyl (C=O) groups is 1. The summed E-state index contributed by atoms with van der Waals surface area (Å²) in [5.74, 6) is -0.635. The number of sulfonamides is 1. The smallest absolute Gasteiger partial charge is 0.318 e. The molecule has 1 fully saturated rings. The van der Waals surface area contributed by atoms with Crippen molar-refractivity contribution in [2.75, 3.05) is 45.6 Å². The van der Waals surface area contributed by atoms with Crippen molar-refractivity contribution in [3.63, 3.8) is 0 Å². The van der Waals surface area contributed by atoms with Crippen LogP contribution in [0.25, 0.3) is 0 Å². The molecule has 0 radical (unpaired) electrons. The van der Waals surface area contributed by atoms with Gasteiger partial charge in [0, 0.05) is 26.2 Å². The number of aliphatic carboxylic acids is 1. The van der Waals surface area contributed by atoms with Crippen LogP contribution in [0.5, 0.6) is 0 Å². The SMILES string of the molecule is CC(C)CN1CCOC(CN(CC(=O)O)S(C)(=O)=O)C1. The molecule has 1 N–H and O–H groups in total. The number of carboxylic acids is 1. The fourth-order valence-corrected chi connectivity index (χ4v) is 3.05. The van der Waals surface area contributed by atoms with Crippen molar-refractivity contribution >= 4 is 16.0 Å². The number of rotatable bonds is 7. The highest BCUT2D eigenvalue weighted by atomic mass is 32.2. The zero-order chi connectivity index (χ0) is 15.3. The summed E-state index contributed by atoms with van der Waals surface area (Å²) >= 11 is 0. The minimum absolute atomic E-state index is 0.0831. The van der Waals surface area contributed by atoms with Gasteiger partial charge in [0.05, 0.1) is 19.0 Å². The molecule has 7 nitrogen and oxygen atoms in total. The first-order valence-electron chi connectivity index (χ1n) is 6.69. The van der Waals surface area contributed by atoms with Gasteiger partial charge in [-0.3, -0.25) is 9.69 Å². The van der Waals surface area contributed by atoms with Gasteiger partial charge in [0.25, 0.3) is 0 Å². The molecule has 1 unspecified atom stereocenters. The monoisotopic (exact) mass is 308 g/mol. The van der Waals surface area contributed by atoms with Crippen LogP contribution in [-0.4, -0.2) is 80.4 Å². The molecule has 0 aliphatic carbocycles. The van der Waals surface area contributed by atoms with Crippen molar-refractivity contribution in [2.24, 2.45) is 5.92 Å². The molecule has 0 aromatic rings. The van der Waals surface area contributed by atoms with Crippen LogP contribution in [0.3, 0.4) is 0 Å². The number of morpholine rings is 1. The summed E-state index contributed by atoms with van der Waals surface area (Å²) in [7, 11) is -3.55. The maximum absolute atomic E-state index is 11.6. The van der Waals surface area contributed by atoms with Crippen molar-refractivity contribution < 1.29 is 23.1 Å². The molecule has 0 bridgehead atoms. The van der Waals surface area contributed by atoms with E-state index in [9.17, 15) is 13.2 Å². The van der Waals surface area contributed by atoms with Crippen LogP contribution in [0.2, 0.25) is 0 Å². The number of ether oxygens (including phenoxy) is 1. The third-order valence-corrected chi connectivity index (χ3v) is 4.25. The third-order valence-electron chi connectivity index (χ3n) is 3.03. The molecular weight excluding hydrogens is 284 g/mol. The van der Waals surface area contributed by atoms with Crippen molar-refractivity contribution in [1.29, 1.82) is 0 Å². The lowest BCUT2D eigenvalue weighted by Crippen LogP contribution is -2.50. The lowest BCUT2D eigenvalue weighted by molar-refractivity contribution is -0.137. The van der Waals surface area contributed by atoms with Crippen LogP contribution in [0.1, 0.15) is 13.8 Å². The first kappa shape index (κ1) is 17.4. The summed E-state index contributed by atoms with van der Waals surface area (Å²) in [5, 5.41) is 8.79. The standard InChI is InChI=1S/C12H24N2O5S/c1-10(2)6-13-4-5-19-11(7-13)8-14(9-12(15)16)20(3,17)18/h10-11H,4-9H2,1-3H3,(H,15,16). The van der Waals surface area contributed by atoms with Gasteiger partial charge < -0.3 is 9.84 Å². The van der Waals surface area contributed by atoms with Gasteiger partial charge in [0.2, 0.25) is 10.0 Å². The average Bonchev–Trinajstić information content (AvgIpc) is 2.25. The largest absolute Gasteiger partial charge is 0.480 e. The summed E-state index contributed by atoms with van der Waals surface area (Å²) in [6.07, 6.45) is 0.738. The molecule has 118 valence electrons.